The quantitative estimate of drug-likeness (QED) is 0.524. The molecule has 0 atom stereocenters. The number of ether oxygens (including phenoxy) is 1. The van der Waals surface area contributed by atoms with Crippen molar-refractivity contribution in [1.82, 2.24) is 19.8 Å². The van der Waals surface area contributed by atoms with Gasteiger partial charge in [0, 0.05) is 19.5 Å². The van der Waals surface area contributed by atoms with Crippen LogP contribution >= 0.6 is 11.8 Å². The number of hydrogen-bond donors (Lipinski definition) is 0. The fourth-order valence-electron chi connectivity index (χ4n) is 3.92. The zero-order valence-electron chi connectivity index (χ0n) is 18.6. The van der Waals surface area contributed by atoms with E-state index in [-0.39, 0.29) is 11.7 Å². The first-order valence-electron chi connectivity index (χ1n) is 11.1. The standard InChI is InChI=1S/C24H26N6O2S/c1-18-7-9-20(10-8-18)30-23(28-13-15-32-16-14-28)25-26-24(30)33-17-22(31)29-12-11-21(27-29)19-5-3-2-4-6-19/h2-10H,11-17H2,1H3. The third-order valence-electron chi connectivity index (χ3n) is 5.72. The Labute approximate surface area is 197 Å². The molecule has 170 valence electrons. The van der Waals surface area contributed by atoms with Gasteiger partial charge in [0.1, 0.15) is 0 Å². The Morgan fingerprint density at radius 2 is 1.76 bits per heavy atom. The lowest BCUT2D eigenvalue weighted by atomic mass is 10.1. The zero-order valence-corrected chi connectivity index (χ0v) is 19.4. The van der Waals surface area contributed by atoms with Crippen LogP contribution in [0.4, 0.5) is 5.95 Å². The molecule has 33 heavy (non-hydrogen) atoms. The van der Waals surface area contributed by atoms with Crippen LogP contribution in [0.5, 0.6) is 0 Å². The highest BCUT2D eigenvalue weighted by Gasteiger charge is 2.25. The number of morpholine rings is 1. The number of benzene rings is 2. The van der Waals surface area contributed by atoms with Crippen molar-refractivity contribution in [2.75, 3.05) is 43.5 Å². The molecule has 3 heterocycles. The van der Waals surface area contributed by atoms with Gasteiger partial charge in [-0.1, -0.05) is 59.8 Å². The van der Waals surface area contributed by atoms with Crippen molar-refractivity contribution in [1.29, 1.82) is 0 Å². The van der Waals surface area contributed by atoms with Gasteiger partial charge in [-0.05, 0) is 24.6 Å². The fourth-order valence-corrected chi connectivity index (χ4v) is 4.73. The number of aryl methyl sites for hydroxylation is 1. The number of aromatic nitrogens is 3. The van der Waals surface area contributed by atoms with E-state index in [4.69, 9.17) is 4.74 Å². The third kappa shape index (κ3) is 4.79. The van der Waals surface area contributed by atoms with E-state index in [1.165, 1.54) is 17.3 Å². The van der Waals surface area contributed by atoms with E-state index in [1.54, 1.807) is 5.01 Å². The monoisotopic (exact) mass is 462 g/mol. The van der Waals surface area contributed by atoms with Gasteiger partial charge in [-0.3, -0.25) is 9.36 Å². The van der Waals surface area contributed by atoms with E-state index in [0.29, 0.717) is 24.9 Å². The molecule has 8 nitrogen and oxygen atoms in total. The van der Waals surface area contributed by atoms with Crippen LogP contribution in [-0.4, -0.2) is 70.0 Å². The average molecular weight is 463 g/mol. The first kappa shape index (κ1) is 21.7. The molecule has 1 aromatic heterocycles. The van der Waals surface area contributed by atoms with Crippen molar-refractivity contribution in [2.24, 2.45) is 5.10 Å². The summed E-state index contributed by atoms with van der Waals surface area (Å²) in [5.41, 5.74) is 4.18. The van der Waals surface area contributed by atoms with Crippen LogP contribution in [0.2, 0.25) is 0 Å². The van der Waals surface area contributed by atoms with E-state index in [1.807, 2.05) is 34.9 Å². The summed E-state index contributed by atoms with van der Waals surface area (Å²) < 4.78 is 7.53. The first-order valence-corrected chi connectivity index (χ1v) is 12.1. The molecule has 0 spiro atoms. The molecule has 9 heteroatoms. The molecule has 2 aliphatic heterocycles. The highest BCUT2D eigenvalue weighted by Crippen LogP contribution is 2.28. The smallest absolute Gasteiger partial charge is 0.253 e. The molecule has 1 saturated heterocycles. The largest absolute Gasteiger partial charge is 0.378 e. The summed E-state index contributed by atoms with van der Waals surface area (Å²) in [5, 5.41) is 15.7. The number of nitrogens with zero attached hydrogens (tertiary/aromatic N) is 6. The highest BCUT2D eigenvalue weighted by atomic mass is 32.2. The number of hydrazone groups is 1. The molecule has 1 amide bonds. The number of anilines is 1. The maximum atomic E-state index is 12.9. The summed E-state index contributed by atoms with van der Waals surface area (Å²) in [6.45, 7) is 5.52. The normalized spacial score (nSPS) is 16.2. The predicted octanol–water partition coefficient (Wildman–Crippen LogP) is 3.14. The zero-order chi connectivity index (χ0) is 22.6. The van der Waals surface area contributed by atoms with Crippen LogP contribution in [0, 0.1) is 6.92 Å². The summed E-state index contributed by atoms with van der Waals surface area (Å²) in [5.74, 6) is 0.999. The van der Waals surface area contributed by atoms with Gasteiger partial charge < -0.3 is 9.64 Å². The molecule has 0 unspecified atom stereocenters. The molecule has 0 aliphatic carbocycles. The van der Waals surface area contributed by atoms with Crippen molar-refractivity contribution < 1.29 is 9.53 Å². The highest BCUT2D eigenvalue weighted by molar-refractivity contribution is 7.99. The molecule has 0 bridgehead atoms. The Morgan fingerprint density at radius 3 is 2.52 bits per heavy atom. The SMILES string of the molecule is Cc1ccc(-n2c(SCC(=O)N3CCC(c4ccccc4)=N3)nnc2N2CCOCC2)cc1. The van der Waals surface area contributed by atoms with E-state index in [2.05, 4.69) is 51.4 Å². The third-order valence-corrected chi connectivity index (χ3v) is 6.64. The minimum absolute atomic E-state index is 0.0303. The number of carbonyl (C=O) groups excluding carboxylic acids is 1. The van der Waals surface area contributed by atoms with E-state index in [9.17, 15) is 4.79 Å². The maximum absolute atomic E-state index is 12.9. The molecular formula is C24H26N6O2S. The molecule has 1 fully saturated rings. The van der Waals surface area contributed by atoms with Gasteiger partial charge in [0.05, 0.1) is 36.9 Å². The Morgan fingerprint density at radius 1 is 1.00 bits per heavy atom. The number of rotatable bonds is 6. The molecule has 0 saturated carbocycles. The Hall–Kier alpha value is -3.17. The Kier molecular flexibility index (Phi) is 6.41. The van der Waals surface area contributed by atoms with Crippen LogP contribution in [0.25, 0.3) is 5.69 Å². The van der Waals surface area contributed by atoms with Gasteiger partial charge in [0.15, 0.2) is 5.16 Å². The lowest BCUT2D eigenvalue weighted by Gasteiger charge is -2.28. The molecule has 0 radical (unpaired) electrons. The van der Waals surface area contributed by atoms with Crippen molar-refractivity contribution >= 4 is 29.3 Å². The molecule has 2 aromatic carbocycles. The average Bonchev–Trinajstić information content (AvgIpc) is 3.52. The van der Waals surface area contributed by atoms with Gasteiger partial charge in [-0.15, -0.1) is 10.2 Å². The van der Waals surface area contributed by atoms with E-state index >= 15 is 0 Å². The summed E-state index contributed by atoms with van der Waals surface area (Å²) in [6.07, 6.45) is 0.765. The van der Waals surface area contributed by atoms with E-state index < -0.39 is 0 Å². The summed E-state index contributed by atoms with van der Waals surface area (Å²) in [7, 11) is 0. The second kappa shape index (κ2) is 9.76. The second-order valence-electron chi connectivity index (χ2n) is 8.02. The molecule has 0 N–H and O–H groups in total. The van der Waals surface area contributed by atoms with Crippen LogP contribution in [0.3, 0.4) is 0 Å². The molecule has 5 rings (SSSR count). The fraction of sp³-hybridized carbons (Fsp3) is 0.333. The number of thioether (sulfide) groups is 1. The van der Waals surface area contributed by atoms with Crippen LogP contribution in [0.1, 0.15) is 17.5 Å². The summed E-state index contributed by atoms with van der Waals surface area (Å²) >= 11 is 1.39. The second-order valence-corrected chi connectivity index (χ2v) is 8.96. The maximum Gasteiger partial charge on any atom is 0.253 e. The number of carbonyl (C=O) groups is 1. The van der Waals surface area contributed by atoms with Crippen LogP contribution in [-0.2, 0) is 9.53 Å². The predicted molar refractivity (Wildman–Crippen MR) is 129 cm³/mol. The van der Waals surface area contributed by atoms with Gasteiger partial charge in [-0.2, -0.15) is 5.10 Å². The van der Waals surface area contributed by atoms with Crippen LogP contribution in [0.15, 0.2) is 64.9 Å². The molecule has 3 aromatic rings. The topological polar surface area (TPSA) is 75.9 Å². The molecule has 2 aliphatic rings. The lowest BCUT2D eigenvalue weighted by Crippen LogP contribution is -2.37. The van der Waals surface area contributed by atoms with Crippen molar-refractivity contribution in [3.8, 4) is 5.69 Å². The first-order chi connectivity index (χ1) is 16.2. The Balaban J connectivity index is 1.34. The summed E-state index contributed by atoms with van der Waals surface area (Å²) in [4.78, 5) is 15.1. The van der Waals surface area contributed by atoms with Gasteiger partial charge >= 0.3 is 0 Å². The van der Waals surface area contributed by atoms with Gasteiger partial charge in [-0.25, -0.2) is 5.01 Å². The lowest BCUT2D eigenvalue weighted by molar-refractivity contribution is -0.127. The molecular weight excluding hydrogens is 436 g/mol. The van der Waals surface area contributed by atoms with Crippen molar-refractivity contribution in [3.05, 3.63) is 65.7 Å². The number of hydrogen-bond acceptors (Lipinski definition) is 7. The van der Waals surface area contributed by atoms with E-state index in [0.717, 1.165) is 42.4 Å². The van der Waals surface area contributed by atoms with Crippen molar-refractivity contribution in [2.45, 2.75) is 18.5 Å². The Bertz CT molecular complexity index is 1140. The minimum atomic E-state index is -0.0303. The number of amides is 1. The minimum Gasteiger partial charge on any atom is -0.378 e. The van der Waals surface area contributed by atoms with Crippen LogP contribution < -0.4 is 4.90 Å². The van der Waals surface area contributed by atoms with Gasteiger partial charge in [0.25, 0.3) is 5.91 Å². The van der Waals surface area contributed by atoms with Crippen molar-refractivity contribution in [3.63, 3.8) is 0 Å². The summed E-state index contributed by atoms with van der Waals surface area (Å²) in [6, 6.07) is 18.3. The van der Waals surface area contributed by atoms with Gasteiger partial charge in [0.2, 0.25) is 5.95 Å².